The molecule has 5 rings (SSSR count). The van der Waals surface area contributed by atoms with E-state index in [-0.39, 0.29) is 126 Å². The molecule has 1 aromatic carbocycles. The molecule has 0 aliphatic carbocycles. The predicted octanol–water partition coefficient (Wildman–Crippen LogP) is -3.80. The van der Waals surface area contributed by atoms with E-state index in [4.69, 9.17) is 15.2 Å². The second kappa shape index (κ2) is 44.8. The Morgan fingerprint density at radius 2 is 1.09 bits per heavy atom. The molecule has 3 unspecified atom stereocenters. The quantitative estimate of drug-likeness (QED) is 0.0112. The molecule has 4 heterocycles. The fourth-order valence-corrected chi connectivity index (χ4v) is 10.3. The number of hydrogen-bond donors (Lipinski definition) is 16. The summed E-state index contributed by atoms with van der Waals surface area (Å²) in [4.78, 5) is 163. The molecule has 98 heavy (non-hydrogen) atoms. The number of β-amino-alcohol motifs (C(OH)–C–C–N with tert-alkyl or cyclic N) is 1. The Morgan fingerprint density at radius 3 is 1.60 bits per heavy atom. The first-order valence-electron chi connectivity index (χ1n) is 33.4. The number of amides is 11. The van der Waals surface area contributed by atoms with Crippen LogP contribution in [0.3, 0.4) is 0 Å². The first kappa shape index (κ1) is 79.8. The van der Waals surface area contributed by atoms with Gasteiger partial charge in [0.1, 0.15) is 30.0 Å². The highest BCUT2D eigenvalue weighted by Crippen LogP contribution is 2.20. The molecule has 2 aromatic heterocycles. The Morgan fingerprint density at radius 1 is 0.602 bits per heavy atom. The third-order valence-electron chi connectivity index (χ3n) is 16.2. The molecular formula is C64H100N18O16. The van der Waals surface area contributed by atoms with Gasteiger partial charge in [-0.1, -0.05) is 25.1 Å². The average Bonchev–Trinajstić information content (AvgIpc) is 1.73. The number of ether oxygens (including phenoxy) is 2. The number of hydrogen-bond acceptors (Lipinski definition) is 21. The van der Waals surface area contributed by atoms with Crippen molar-refractivity contribution < 1.29 is 77.5 Å². The van der Waals surface area contributed by atoms with Gasteiger partial charge in [-0.2, -0.15) is 0 Å². The van der Waals surface area contributed by atoms with Crippen molar-refractivity contribution in [2.24, 2.45) is 5.73 Å². The number of aliphatic hydroxyl groups is 2. The van der Waals surface area contributed by atoms with Crippen LogP contribution in [0.4, 0.5) is 0 Å². The number of methoxy groups -OCH3 is 1. The van der Waals surface area contributed by atoms with Gasteiger partial charge in [-0.25, -0.2) is 9.97 Å². The summed E-state index contributed by atoms with van der Waals surface area (Å²) in [5, 5.41) is 56.2. The molecule has 0 bridgehead atoms. The van der Waals surface area contributed by atoms with Gasteiger partial charge in [0.15, 0.2) is 12.6 Å². The van der Waals surface area contributed by atoms with Gasteiger partial charge in [0.2, 0.25) is 59.1 Å². The summed E-state index contributed by atoms with van der Waals surface area (Å²) < 4.78 is 10.4. The highest BCUT2D eigenvalue weighted by molar-refractivity contribution is 6.00. The van der Waals surface area contributed by atoms with E-state index in [0.717, 1.165) is 50.5 Å². The summed E-state index contributed by atoms with van der Waals surface area (Å²) in [6, 6.07) is 1.76. The van der Waals surface area contributed by atoms with Gasteiger partial charge < -0.3 is 98.6 Å². The number of nitrogens with zero attached hydrogens (tertiary/aromatic N) is 5. The predicted molar refractivity (Wildman–Crippen MR) is 355 cm³/mol. The molecule has 0 spiro atoms. The number of aromatic hydroxyl groups is 1. The first-order valence-corrected chi connectivity index (χ1v) is 33.4. The summed E-state index contributed by atoms with van der Waals surface area (Å²) in [6.45, 7) is 9.99. The topological polar surface area (TPSA) is 484 Å². The average molecular weight is 1380 g/mol. The second-order valence-electron chi connectivity index (χ2n) is 24.1. The normalized spacial score (nSPS) is 16.2. The third kappa shape index (κ3) is 33.8. The summed E-state index contributed by atoms with van der Waals surface area (Å²) in [5.74, 6) is -6.76. The molecule has 2 aliphatic rings. The van der Waals surface area contributed by atoms with E-state index >= 15 is 0 Å². The maximum Gasteiger partial charge on any atom is 0.267 e. The molecule has 2 saturated heterocycles. The van der Waals surface area contributed by atoms with Crippen molar-refractivity contribution in [3.63, 3.8) is 0 Å². The number of aromatic amines is 2. The number of nitrogens with one attached hydrogen (secondary N) is 12. The van der Waals surface area contributed by atoms with E-state index in [1.54, 1.807) is 12.4 Å². The van der Waals surface area contributed by atoms with Crippen molar-refractivity contribution in [1.29, 1.82) is 0 Å². The zero-order chi connectivity index (χ0) is 71.0. The minimum Gasteiger partial charge on any atom is -0.508 e. The number of epoxide rings is 1. The maximum absolute atomic E-state index is 14.4. The fraction of sp³-hybridized carbons (Fsp3) is 0.609. The lowest BCUT2D eigenvalue weighted by atomic mass is 10.0. The minimum atomic E-state index is -1.41. The van der Waals surface area contributed by atoms with Crippen LogP contribution in [0.25, 0.3) is 0 Å². The monoisotopic (exact) mass is 1380 g/mol. The molecule has 3 aromatic rings. The minimum absolute atomic E-state index is 0.0180. The highest BCUT2D eigenvalue weighted by atomic mass is 16.7. The number of benzene rings is 1. The second-order valence-corrected chi connectivity index (χ2v) is 24.1. The van der Waals surface area contributed by atoms with Crippen LogP contribution in [0.15, 0.2) is 61.6 Å². The standard InChI is InChI=1S/C64H100N18O16/c1-43(76-56(88)12-4-3-9-27-80-28-30-81(39-51-64(96)98-51)32-33-82(31-29-80)40-59(91)97-2)61(93)78-49(11-6-8-24-69-58(90)38-73-55(87)20-18-53(85)71-26-22-46-36-67-42-75-46)62(94)79-50(34-44-13-15-47(83)16-14-44)63(95)77-48(60(65)92)10-5-7-23-68-57(89)37-72-54(86)19-17-52(84)70-25-21-45-35-66-41-74-45/h13-16,35-36,41-42,48-51,59,64,83,91,96H,1,3-12,17-34,37-40H2,2H3,(H2,65,92)(H,66,74)(H,67,75)(H,68,89)(H,69,90)(H,70,84)(H,71,85)(H,72,86)(H,73,87)(H,76,88)(H,77,95)(H,78,93)(H,79,94)/t48-,49-,50-,51?,59?,64?/m1/s1. The maximum atomic E-state index is 14.4. The van der Waals surface area contributed by atoms with Gasteiger partial charge in [0.25, 0.3) is 5.91 Å². The lowest BCUT2D eigenvalue weighted by molar-refractivity contribution is -0.133. The largest absolute Gasteiger partial charge is 0.508 e. The molecule has 34 nitrogen and oxygen atoms in total. The summed E-state index contributed by atoms with van der Waals surface area (Å²) in [6.07, 6.45) is 7.84. The molecule has 17 N–H and O–H groups in total. The van der Waals surface area contributed by atoms with Gasteiger partial charge in [0, 0.05) is 161 Å². The number of carbonyl (C=O) groups is 11. The zero-order valence-corrected chi connectivity index (χ0v) is 55.9. The van der Waals surface area contributed by atoms with Crippen molar-refractivity contribution in [2.75, 3.05) is 105 Å². The van der Waals surface area contributed by atoms with Gasteiger partial charge in [-0.15, -0.1) is 0 Å². The number of aliphatic hydroxyl groups excluding tert-OH is 2. The molecular weight excluding hydrogens is 1280 g/mol. The van der Waals surface area contributed by atoms with Crippen LogP contribution in [0, 0.1) is 0 Å². The van der Waals surface area contributed by atoms with Crippen LogP contribution in [-0.4, -0.2) is 257 Å². The van der Waals surface area contributed by atoms with Gasteiger partial charge in [-0.3, -0.25) is 62.5 Å². The van der Waals surface area contributed by atoms with Crippen LogP contribution in [-0.2, 0) is 81.5 Å². The fourth-order valence-electron chi connectivity index (χ4n) is 10.3. The number of phenols is 1. The zero-order valence-electron chi connectivity index (χ0n) is 55.9. The number of rotatable bonds is 47. The van der Waals surface area contributed by atoms with Gasteiger partial charge in [-0.05, 0) is 75.6 Å². The molecule has 0 saturated carbocycles. The summed E-state index contributed by atoms with van der Waals surface area (Å²) in [5.41, 5.74) is 7.57. The molecule has 2 fully saturated rings. The van der Waals surface area contributed by atoms with Crippen LogP contribution in [0.1, 0.15) is 107 Å². The van der Waals surface area contributed by atoms with E-state index in [2.05, 4.69) is 94.4 Å². The summed E-state index contributed by atoms with van der Waals surface area (Å²) in [7, 11) is 1.45. The Kier molecular flexibility index (Phi) is 36.5. The summed E-state index contributed by atoms with van der Waals surface area (Å²) >= 11 is 0. The van der Waals surface area contributed by atoms with Crippen molar-refractivity contribution in [3.05, 3.63) is 78.5 Å². The van der Waals surface area contributed by atoms with Gasteiger partial charge in [0.05, 0.1) is 31.4 Å². The number of primary amides is 1. The SMILES string of the molecule is C=C(NC(=O)CCCCCN1CCN(CC(O)OC)CCN(CC2OC2O)CC1)C(=O)N[C@H](CCCCNC(=O)CNC(=O)CCC(=O)NCCc1cnc[nH]1)C(=O)N[C@H](Cc1ccc(O)cc1)C(=O)N[C@H](CCCCNC(=O)CNC(=O)CCC(=O)NCCc1cnc[nH]1)C(N)=O. The Balaban J connectivity index is 1.12. The van der Waals surface area contributed by atoms with Crippen LogP contribution in [0.5, 0.6) is 5.75 Å². The number of unbranched alkanes of at least 4 members (excludes halogenated alkanes) is 4. The lowest BCUT2D eigenvalue weighted by Crippen LogP contribution is -2.57. The van der Waals surface area contributed by atoms with Gasteiger partial charge >= 0.3 is 0 Å². The number of imidazole rings is 2. The highest BCUT2D eigenvalue weighted by Gasteiger charge is 2.38. The van der Waals surface area contributed by atoms with E-state index in [9.17, 15) is 68.1 Å². The van der Waals surface area contributed by atoms with Crippen molar-refractivity contribution in [3.8, 4) is 5.75 Å². The van der Waals surface area contributed by atoms with E-state index < -0.39 is 83.9 Å². The molecule has 11 amide bonds. The Hall–Kier alpha value is -8.93. The van der Waals surface area contributed by atoms with Crippen molar-refractivity contribution in [1.82, 2.24) is 87.8 Å². The molecule has 34 heteroatoms. The number of nitrogens with two attached hydrogens (primary N) is 1. The Bertz CT molecular complexity index is 2980. The smallest absolute Gasteiger partial charge is 0.267 e. The number of aromatic nitrogens is 4. The number of carbonyl (C=O) groups excluding carboxylic acids is 11. The van der Waals surface area contributed by atoms with Crippen LogP contribution in [0.2, 0.25) is 0 Å². The van der Waals surface area contributed by atoms with Crippen molar-refractivity contribution in [2.45, 2.75) is 146 Å². The van der Waals surface area contributed by atoms with Crippen molar-refractivity contribution >= 4 is 65.0 Å². The van der Waals surface area contributed by atoms with E-state index in [1.807, 2.05) is 0 Å². The van der Waals surface area contributed by atoms with E-state index in [0.29, 0.717) is 76.9 Å². The molecule has 2 aliphatic heterocycles. The molecule has 6 atom stereocenters. The molecule has 542 valence electrons. The molecule has 0 radical (unpaired) electrons. The number of phenolic OH excluding ortho intramolecular Hbond substituents is 1. The van der Waals surface area contributed by atoms with Crippen LogP contribution < -0.4 is 58.9 Å². The Labute approximate surface area is 569 Å². The van der Waals surface area contributed by atoms with Crippen LogP contribution >= 0.6 is 0 Å². The first-order chi connectivity index (χ1) is 47.1. The van der Waals surface area contributed by atoms with E-state index in [1.165, 1.54) is 44.0 Å². The number of H-pyrrole nitrogens is 2. The third-order valence-corrected chi connectivity index (χ3v) is 16.2. The lowest BCUT2D eigenvalue weighted by Gasteiger charge is -2.27.